The molecule has 0 atom stereocenters. The summed E-state index contributed by atoms with van der Waals surface area (Å²) in [6.07, 6.45) is -4.72. The van der Waals surface area contributed by atoms with E-state index in [9.17, 15) is 26.4 Å². The maximum Gasteiger partial charge on any atom is 0.416 e. The molecule has 3 N–H and O–H groups in total. The standard InChI is InChI=1S/C22H19F3N2O6S/c1-31-15-7-9-19(20(12-15)32-2)33-18-8-6-13(22(23,24)25)10-17(18)21(28)27-14-4-3-5-16(11-14)34(26,29)30/h3-12H,1-2H3,(H,27,28)(H2,26,29,30). The molecule has 3 rings (SSSR count). The van der Waals surface area contributed by atoms with Crippen LogP contribution >= 0.6 is 0 Å². The Kier molecular flexibility index (Phi) is 7.03. The monoisotopic (exact) mass is 496 g/mol. The molecule has 0 saturated carbocycles. The number of hydrogen-bond acceptors (Lipinski definition) is 6. The number of amides is 1. The molecule has 0 saturated heterocycles. The fourth-order valence-electron chi connectivity index (χ4n) is 2.90. The van der Waals surface area contributed by atoms with Gasteiger partial charge in [-0.25, -0.2) is 13.6 Å². The lowest BCUT2D eigenvalue weighted by Gasteiger charge is -2.16. The van der Waals surface area contributed by atoms with Gasteiger partial charge in [0.15, 0.2) is 11.5 Å². The number of hydrogen-bond donors (Lipinski definition) is 2. The van der Waals surface area contributed by atoms with Gasteiger partial charge >= 0.3 is 6.18 Å². The highest BCUT2D eigenvalue weighted by molar-refractivity contribution is 7.89. The number of nitrogens with one attached hydrogen (secondary N) is 1. The van der Waals surface area contributed by atoms with E-state index in [1.54, 1.807) is 6.07 Å². The third-order valence-corrected chi connectivity index (χ3v) is 5.47. The molecule has 3 aromatic carbocycles. The molecule has 3 aromatic rings. The first-order chi connectivity index (χ1) is 15.9. The lowest BCUT2D eigenvalue weighted by molar-refractivity contribution is -0.137. The van der Waals surface area contributed by atoms with Crippen LogP contribution in [0.4, 0.5) is 18.9 Å². The second-order valence-corrected chi connectivity index (χ2v) is 8.42. The van der Waals surface area contributed by atoms with Crippen LogP contribution in [0.15, 0.2) is 65.6 Å². The lowest BCUT2D eigenvalue weighted by atomic mass is 10.1. The molecular formula is C22H19F3N2O6S. The SMILES string of the molecule is COc1ccc(Oc2ccc(C(F)(F)F)cc2C(=O)Nc2cccc(S(N)(=O)=O)c2)c(OC)c1. The molecule has 12 heteroatoms. The van der Waals surface area contributed by atoms with Crippen LogP contribution in [-0.2, 0) is 16.2 Å². The number of halogens is 3. The first kappa shape index (κ1) is 24.9. The fraction of sp³-hybridized carbons (Fsp3) is 0.136. The van der Waals surface area contributed by atoms with E-state index in [0.29, 0.717) is 11.8 Å². The molecule has 180 valence electrons. The van der Waals surface area contributed by atoms with Crippen LogP contribution in [0.1, 0.15) is 15.9 Å². The second kappa shape index (κ2) is 9.61. The van der Waals surface area contributed by atoms with E-state index in [-0.39, 0.29) is 27.8 Å². The fourth-order valence-corrected chi connectivity index (χ4v) is 3.46. The summed E-state index contributed by atoms with van der Waals surface area (Å²) in [6.45, 7) is 0. The Bertz CT molecular complexity index is 1330. The number of alkyl halides is 3. The zero-order valence-corrected chi connectivity index (χ0v) is 18.7. The summed E-state index contributed by atoms with van der Waals surface area (Å²) in [7, 11) is -1.26. The van der Waals surface area contributed by atoms with Crippen molar-refractivity contribution >= 4 is 21.6 Å². The molecule has 0 aromatic heterocycles. The van der Waals surface area contributed by atoms with Crippen LogP contribution in [0, 0.1) is 0 Å². The Morgan fingerprint density at radius 1 is 0.912 bits per heavy atom. The zero-order chi connectivity index (χ0) is 25.1. The van der Waals surface area contributed by atoms with Gasteiger partial charge in [-0.1, -0.05) is 6.07 Å². The molecule has 0 fully saturated rings. The average Bonchev–Trinajstić information content (AvgIpc) is 2.78. The van der Waals surface area contributed by atoms with Crippen molar-refractivity contribution in [1.29, 1.82) is 0 Å². The predicted octanol–water partition coefficient (Wildman–Crippen LogP) is 4.41. The van der Waals surface area contributed by atoms with Gasteiger partial charge in [0, 0.05) is 11.8 Å². The number of nitrogens with two attached hydrogens (primary N) is 1. The Morgan fingerprint density at radius 3 is 2.24 bits per heavy atom. The molecule has 0 unspecified atom stereocenters. The molecule has 0 bridgehead atoms. The van der Waals surface area contributed by atoms with Gasteiger partial charge in [-0.3, -0.25) is 4.79 Å². The molecule has 0 heterocycles. The summed E-state index contributed by atoms with van der Waals surface area (Å²) in [4.78, 5) is 12.6. The van der Waals surface area contributed by atoms with E-state index in [2.05, 4.69) is 5.32 Å². The van der Waals surface area contributed by atoms with Crippen molar-refractivity contribution in [2.24, 2.45) is 5.14 Å². The number of carbonyl (C=O) groups excluding carboxylic acids is 1. The predicted molar refractivity (Wildman–Crippen MR) is 117 cm³/mol. The van der Waals surface area contributed by atoms with Gasteiger partial charge in [0.05, 0.1) is 30.2 Å². The number of sulfonamides is 1. The van der Waals surface area contributed by atoms with Gasteiger partial charge in [0.1, 0.15) is 11.5 Å². The summed E-state index contributed by atoms with van der Waals surface area (Å²) < 4.78 is 79.1. The molecule has 34 heavy (non-hydrogen) atoms. The molecule has 8 nitrogen and oxygen atoms in total. The van der Waals surface area contributed by atoms with Crippen LogP contribution in [0.3, 0.4) is 0 Å². The highest BCUT2D eigenvalue weighted by Crippen LogP contribution is 2.38. The van der Waals surface area contributed by atoms with Gasteiger partial charge in [-0.2, -0.15) is 13.2 Å². The molecule has 1 amide bonds. The smallest absolute Gasteiger partial charge is 0.416 e. The molecule has 0 spiro atoms. The molecule has 0 aliphatic rings. The quantitative estimate of drug-likeness (QED) is 0.500. The van der Waals surface area contributed by atoms with E-state index in [4.69, 9.17) is 19.3 Å². The van der Waals surface area contributed by atoms with E-state index >= 15 is 0 Å². The third-order valence-electron chi connectivity index (χ3n) is 4.56. The third kappa shape index (κ3) is 5.77. The Hall–Kier alpha value is -3.77. The first-order valence-corrected chi connectivity index (χ1v) is 11.0. The second-order valence-electron chi connectivity index (χ2n) is 6.85. The van der Waals surface area contributed by atoms with Gasteiger partial charge in [-0.15, -0.1) is 0 Å². The number of primary sulfonamides is 1. The van der Waals surface area contributed by atoms with Gasteiger partial charge in [-0.05, 0) is 48.5 Å². The van der Waals surface area contributed by atoms with Gasteiger partial charge < -0.3 is 19.5 Å². The number of methoxy groups -OCH3 is 2. The number of ether oxygens (including phenoxy) is 3. The summed E-state index contributed by atoms with van der Waals surface area (Å²) in [5.74, 6) is -0.388. The van der Waals surface area contributed by atoms with E-state index in [0.717, 1.165) is 18.2 Å². The lowest BCUT2D eigenvalue weighted by Crippen LogP contribution is -2.16. The highest BCUT2D eigenvalue weighted by atomic mass is 32.2. The van der Waals surface area contributed by atoms with Crippen molar-refractivity contribution in [1.82, 2.24) is 0 Å². The van der Waals surface area contributed by atoms with Crippen molar-refractivity contribution in [3.63, 3.8) is 0 Å². The largest absolute Gasteiger partial charge is 0.497 e. The van der Waals surface area contributed by atoms with Crippen LogP contribution in [-0.4, -0.2) is 28.5 Å². The normalized spacial score (nSPS) is 11.6. The van der Waals surface area contributed by atoms with Crippen molar-refractivity contribution < 1.29 is 40.6 Å². The van der Waals surface area contributed by atoms with E-state index in [1.165, 1.54) is 44.6 Å². The Labute approximate surface area is 193 Å². The number of benzene rings is 3. The Balaban J connectivity index is 2.02. The van der Waals surface area contributed by atoms with Gasteiger partial charge in [0.2, 0.25) is 10.0 Å². The number of carbonyl (C=O) groups is 1. The van der Waals surface area contributed by atoms with Crippen LogP contribution in [0.25, 0.3) is 0 Å². The molecular weight excluding hydrogens is 477 g/mol. The van der Waals surface area contributed by atoms with Crippen molar-refractivity contribution in [2.75, 3.05) is 19.5 Å². The minimum atomic E-state index is -4.72. The van der Waals surface area contributed by atoms with Crippen LogP contribution in [0.2, 0.25) is 0 Å². The average molecular weight is 496 g/mol. The van der Waals surface area contributed by atoms with Gasteiger partial charge in [0.25, 0.3) is 5.91 Å². The molecule has 0 radical (unpaired) electrons. The molecule has 0 aliphatic carbocycles. The van der Waals surface area contributed by atoms with E-state index < -0.39 is 33.2 Å². The van der Waals surface area contributed by atoms with Crippen molar-refractivity contribution in [2.45, 2.75) is 11.1 Å². The maximum atomic E-state index is 13.3. The summed E-state index contributed by atoms with van der Waals surface area (Å²) in [5, 5.41) is 7.45. The van der Waals surface area contributed by atoms with Crippen molar-refractivity contribution in [3.05, 3.63) is 71.8 Å². The minimum Gasteiger partial charge on any atom is -0.497 e. The van der Waals surface area contributed by atoms with Crippen LogP contribution < -0.4 is 24.7 Å². The summed E-state index contributed by atoms with van der Waals surface area (Å²) in [6, 6.07) is 11.9. The number of rotatable bonds is 7. The highest BCUT2D eigenvalue weighted by Gasteiger charge is 2.32. The summed E-state index contributed by atoms with van der Waals surface area (Å²) in [5.41, 5.74) is -1.53. The zero-order valence-electron chi connectivity index (χ0n) is 17.8. The molecule has 0 aliphatic heterocycles. The Morgan fingerprint density at radius 2 is 1.62 bits per heavy atom. The van der Waals surface area contributed by atoms with Crippen LogP contribution in [0.5, 0.6) is 23.0 Å². The number of anilines is 1. The maximum absolute atomic E-state index is 13.3. The topological polar surface area (TPSA) is 117 Å². The minimum absolute atomic E-state index is 0.00177. The van der Waals surface area contributed by atoms with Crippen molar-refractivity contribution in [3.8, 4) is 23.0 Å². The van der Waals surface area contributed by atoms with E-state index in [1.807, 2.05) is 0 Å². The summed E-state index contributed by atoms with van der Waals surface area (Å²) >= 11 is 0. The first-order valence-electron chi connectivity index (χ1n) is 9.47.